The molecule has 1 rings (SSSR count). The van der Waals surface area contributed by atoms with Gasteiger partial charge in [-0.3, -0.25) is 4.79 Å². The molecule has 0 spiro atoms. The molecule has 0 bridgehead atoms. The lowest BCUT2D eigenvalue weighted by Gasteiger charge is -2.08. The first-order chi connectivity index (χ1) is 5.52. The monoisotopic (exact) mass is 172 g/mol. The molecule has 0 aromatic heterocycles. The summed E-state index contributed by atoms with van der Waals surface area (Å²) in [6.07, 6.45) is 0.295. The number of carbonyl (C=O) groups excluding carboxylic acids is 1. The molecule has 0 aromatic carbocycles. The molecule has 1 aliphatic heterocycles. The van der Waals surface area contributed by atoms with Gasteiger partial charge in [-0.2, -0.15) is 0 Å². The Morgan fingerprint density at radius 2 is 1.92 bits per heavy atom. The predicted octanol–water partition coefficient (Wildman–Crippen LogP) is 1.36. The van der Waals surface area contributed by atoms with Crippen molar-refractivity contribution in [2.24, 2.45) is 5.92 Å². The fraction of sp³-hybridized carbons (Fsp3) is 0.889. The van der Waals surface area contributed by atoms with Crippen molar-refractivity contribution in [1.29, 1.82) is 0 Å². The van der Waals surface area contributed by atoms with Crippen molar-refractivity contribution in [1.82, 2.24) is 0 Å². The van der Waals surface area contributed by atoms with Crippen molar-refractivity contribution < 1.29 is 14.3 Å². The Hall–Kier alpha value is -0.570. The Balaban J connectivity index is 2.28. The van der Waals surface area contributed by atoms with E-state index in [-0.39, 0.29) is 24.3 Å². The van der Waals surface area contributed by atoms with Crippen LogP contribution >= 0.6 is 0 Å². The van der Waals surface area contributed by atoms with Crippen LogP contribution in [-0.4, -0.2) is 24.3 Å². The van der Waals surface area contributed by atoms with Gasteiger partial charge >= 0.3 is 5.97 Å². The third kappa shape index (κ3) is 2.21. The van der Waals surface area contributed by atoms with Crippen LogP contribution in [0.1, 0.15) is 27.7 Å². The molecule has 1 saturated heterocycles. The number of rotatable bonds is 3. The van der Waals surface area contributed by atoms with Crippen LogP contribution < -0.4 is 0 Å². The van der Waals surface area contributed by atoms with Crippen LogP contribution in [0.25, 0.3) is 0 Å². The number of ether oxygens (including phenoxy) is 2. The topological polar surface area (TPSA) is 38.8 Å². The van der Waals surface area contributed by atoms with E-state index in [0.717, 1.165) is 0 Å². The first-order valence-corrected chi connectivity index (χ1v) is 4.35. The minimum Gasteiger partial charge on any atom is -0.460 e. The molecule has 0 amide bonds. The third-order valence-electron chi connectivity index (χ3n) is 2.03. The average Bonchev–Trinajstić information content (AvgIpc) is 2.61. The quantitative estimate of drug-likeness (QED) is 0.476. The van der Waals surface area contributed by atoms with Gasteiger partial charge in [-0.25, -0.2) is 0 Å². The third-order valence-corrected chi connectivity index (χ3v) is 2.03. The standard InChI is InChI=1S/C9H16O3/c1-5(2)8-9(12-8)6(3)11-7(4)10/h5-6,8-9H,1-4H3. The van der Waals surface area contributed by atoms with E-state index in [1.807, 2.05) is 6.92 Å². The maximum absolute atomic E-state index is 10.6. The average molecular weight is 172 g/mol. The Morgan fingerprint density at radius 1 is 1.33 bits per heavy atom. The highest BCUT2D eigenvalue weighted by molar-refractivity contribution is 5.66. The highest BCUT2D eigenvalue weighted by Crippen LogP contribution is 2.32. The minimum absolute atomic E-state index is 0.102. The molecule has 3 nitrogen and oxygen atoms in total. The van der Waals surface area contributed by atoms with Gasteiger partial charge in [0.1, 0.15) is 12.2 Å². The molecular weight excluding hydrogens is 156 g/mol. The van der Waals surface area contributed by atoms with Crippen LogP contribution in [0.3, 0.4) is 0 Å². The summed E-state index contributed by atoms with van der Waals surface area (Å²) in [5, 5.41) is 0. The van der Waals surface area contributed by atoms with Gasteiger partial charge in [-0.15, -0.1) is 0 Å². The van der Waals surface area contributed by atoms with Crippen LogP contribution in [0.2, 0.25) is 0 Å². The summed E-state index contributed by atoms with van der Waals surface area (Å²) < 4.78 is 10.4. The molecule has 0 saturated carbocycles. The van der Waals surface area contributed by atoms with Gasteiger partial charge in [0.2, 0.25) is 0 Å². The molecule has 0 N–H and O–H groups in total. The van der Waals surface area contributed by atoms with Crippen molar-refractivity contribution in [2.75, 3.05) is 0 Å². The summed E-state index contributed by atoms with van der Waals surface area (Å²) >= 11 is 0. The van der Waals surface area contributed by atoms with E-state index < -0.39 is 0 Å². The van der Waals surface area contributed by atoms with Gasteiger partial charge < -0.3 is 9.47 Å². The van der Waals surface area contributed by atoms with Gasteiger partial charge in [-0.1, -0.05) is 13.8 Å². The first-order valence-electron chi connectivity index (χ1n) is 4.35. The Kier molecular flexibility index (Phi) is 2.73. The number of hydrogen-bond acceptors (Lipinski definition) is 3. The fourth-order valence-corrected chi connectivity index (χ4v) is 1.38. The summed E-state index contributed by atoms with van der Waals surface area (Å²) in [7, 11) is 0. The molecule has 3 unspecified atom stereocenters. The van der Waals surface area contributed by atoms with Crippen molar-refractivity contribution in [3.05, 3.63) is 0 Å². The SMILES string of the molecule is CC(=O)OC(C)C1OC1C(C)C. The number of epoxide rings is 1. The minimum atomic E-state index is -0.236. The van der Waals surface area contributed by atoms with Gasteiger partial charge in [0.05, 0.1) is 6.10 Å². The Labute approximate surface area is 73.0 Å². The number of carbonyl (C=O) groups is 1. The highest BCUT2D eigenvalue weighted by atomic mass is 16.6. The number of hydrogen-bond donors (Lipinski definition) is 0. The summed E-state index contributed by atoms with van der Waals surface area (Å²) in [6, 6.07) is 0. The maximum atomic E-state index is 10.6. The van der Waals surface area contributed by atoms with Crippen molar-refractivity contribution in [2.45, 2.75) is 46.0 Å². The van der Waals surface area contributed by atoms with Gasteiger partial charge in [0, 0.05) is 6.92 Å². The molecule has 70 valence electrons. The van der Waals surface area contributed by atoms with Crippen LogP contribution in [-0.2, 0) is 14.3 Å². The second kappa shape index (κ2) is 3.44. The molecule has 3 heteroatoms. The van der Waals surface area contributed by atoms with Crippen LogP contribution in [0.4, 0.5) is 0 Å². The lowest BCUT2D eigenvalue weighted by molar-refractivity contribution is -0.146. The van der Waals surface area contributed by atoms with Crippen LogP contribution in [0.5, 0.6) is 0 Å². The second-order valence-corrected chi connectivity index (χ2v) is 3.62. The zero-order valence-electron chi connectivity index (χ0n) is 8.03. The number of esters is 1. The zero-order chi connectivity index (χ0) is 9.30. The first kappa shape index (κ1) is 9.52. The fourth-order valence-electron chi connectivity index (χ4n) is 1.38. The summed E-state index contributed by atoms with van der Waals surface area (Å²) in [4.78, 5) is 10.6. The molecule has 12 heavy (non-hydrogen) atoms. The Morgan fingerprint density at radius 3 is 2.25 bits per heavy atom. The summed E-state index contributed by atoms with van der Waals surface area (Å²) in [5.41, 5.74) is 0. The maximum Gasteiger partial charge on any atom is 0.302 e. The molecule has 0 aromatic rings. The van der Waals surface area contributed by atoms with Crippen LogP contribution in [0, 0.1) is 5.92 Å². The normalized spacial score (nSPS) is 30.1. The van der Waals surface area contributed by atoms with E-state index in [0.29, 0.717) is 5.92 Å². The largest absolute Gasteiger partial charge is 0.460 e. The lowest BCUT2D eigenvalue weighted by Crippen LogP contribution is -2.21. The van der Waals surface area contributed by atoms with E-state index >= 15 is 0 Å². The Bertz CT molecular complexity index is 177. The summed E-state index contributed by atoms with van der Waals surface area (Å²) in [5.74, 6) is 0.272. The van der Waals surface area contributed by atoms with Gasteiger partial charge in [0.25, 0.3) is 0 Å². The molecule has 0 aliphatic carbocycles. The summed E-state index contributed by atoms with van der Waals surface area (Å²) in [6.45, 7) is 7.49. The van der Waals surface area contributed by atoms with E-state index in [2.05, 4.69) is 13.8 Å². The van der Waals surface area contributed by atoms with Crippen molar-refractivity contribution in [3.8, 4) is 0 Å². The molecule has 3 atom stereocenters. The van der Waals surface area contributed by atoms with E-state index in [4.69, 9.17) is 9.47 Å². The van der Waals surface area contributed by atoms with E-state index in [1.165, 1.54) is 6.92 Å². The van der Waals surface area contributed by atoms with Crippen molar-refractivity contribution in [3.63, 3.8) is 0 Å². The molecule has 1 aliphatic rings. The van der Waals surface area contributed by atoms with Gasteiger partial charge in [0.15, 0.2) is 0 Å². The molecule has 0 radical (unpaired) electrons. The molecule has 1 heterocycles. The van der Waals surface area contributed by atoms with Crippen LogP contribution in [0.15, 0.2) is 0 Å². The van der Waals surface area contributed by atoms with Gasteiger partial charge in [-0.05, 0) is 12.8 Å². The van der Waals surface area contributed by atoms with E-state index in [9.17, 15) is 4.79 Å². The predicted molar refractivity (Wildman–Crippen MR) is 44.7 cm³/mol. The molecule has 1 fully saturated rings. The highest BCUT2D eigenvalue weighted by Gasteiger charge is 2.46. The lowest BCUT2D eigenvalue weighted by atomic mass is 10.1. The second-order valence-electron chi connectivity index (χ2n) is 3.62. The molecular formula is C9H16O3. The van der Waals surface area contributed by atoms with Crippen molar-refractivity contribution >= 4 is 5.97 Å². The van der Waals surface area contributed by atoms with E-state index in [1.54, 1.807) is 0 Å². The smallest absolute Gasteiger partial charge is 0.302 e. The zero-order valence-corrected chi connectivity index (χ0v) is 8.03.